The molecule has 1 aliphatic rings. The molecule has 2 heterocycles. The van der Waals surface area contributed by atoms with Crippen LogP contribution in [0.2, 0.25) is 0 Å². The lowest BCUT2D eigenvalue weighted by Crippen LogP contribution is -2.46. The van der Waals surface area contributed by atoms with Crippen LogP contribution in [0.15, 0.2) is 15.7 Å². The van der Waals surface area contributed by atoms with Crippen LogP contribution in [0.3, 0.4) is 0 Å². The van der Waals surface area contributed by atoms with Gasteiger partial charge in [-0.25, -0.2) is 13.1 Å². The van der Waals surface area contributed by atoms with Gasteiger partial charge in [0.2, 0.25) is 10.0 Å². The average molecular weight is 275 g/mol. The minimum atomic E-state index is -3.40. The fourth-order valence-electron chi connectivity index (χ4n) is 2.01. The van der Waals surface area contributed by atoms with Gasteiger partial charge in [-0.1, -0.05) is 0 Å². The molecule has 0 amide bonds. The minimum Gasteiger partial charge on any atom is -0.398 e. The lowest BCUT2D eigenvalue weighted by atomic mass is 10.1. The van der Waals surface area contributed by atoms with Gasteiger partial charge in [-0.2, -0.15) is 0 Å². The Hall–Kier alpha value is -0.630. The van der Waals surface area contributed by atoms with Crippen LogP contribution in [0.25, 0.3) is 0 Å². The van der Waals surface area contributed by atoms with E-state index in [1.165, 1.54) is 6.07 Å². The number of thiophene rings is 1. The number of sulfonamides is 1. The van der Waals surface area contributed by atoms with E-state index in [4.69, 9.17) is 5.73 Å². The molecule has 3 N–H and O–H groups in total. The highest BCUT2D eigenvalue weighted by Crippen LogP contribution is 2.22. The number of piperidine rings is 1. The van der Waals surface area contributed by atoms with Crippen molar-refractivity contribution in [2.45, 2.75) is 23.1 Å². The van der Waals surface area contributed by atoms with Crippen molar-refractivity contribution in [3.05, 3.63) is 11.4 Å². The summed E-state index contributed by atoms with van der Waals surface area (Å²) in [6.45, 7) is 1.80. The van der Waals surface area contributed by atoms with E-state index in [-0.39, 0.29) is 6.04 Å². The smallest absolute Gasteiger partial charge is 0.250 e. The summed E-state index contributed by atoms with van der Waals surface area (Å²) in [6.07, 6.45) is 1.92. The Morgan fingerprint density at radius 1 is 1.59 bits per heavy atom. The van der Waals surface area contributed by atoms with Crippen LogP contribution in [0.5, 0.6) is 0 Å². The highest BCUT2D eigenvalue weighted by atomic mass is 32.2. The Morgan fingerprint density at radius 3 is 2.94 bits per heavy atom. The van der Waals surface area contributed by atoms with E-state index in [0.717, 1.165) is 37.3 Å². The molecule has 0 aromatic carbocycles. The standard InChI is InChI=1S/C10H17N3O2S2/c1-13-4-2-3-9(6-13)12-17(14,15)10-5-8(11)7-16-10/h5,7,9,12H,2-4,6,11H2,1H3. The fraction of sp³-hybridized carbons (Fsp3) is 0.600. The van der Waals surface area contributed by atoms with E-state index < -0.39 is 10.0 Å². The number of hydrogen-bond donors (Lipinski definition) is 2. The molecule has 1 fully saturated rings. The quantitative estimate of drug-likeness (QED) is 0.851. The molecular formula is C10H17N3O2S2. The zero-order valence-electron chi connectivity index (χ0n) is 9.72. The van der Waals surface area contributed by atoms with Gasteiger partial charge in [0.1, 0.15) is 4.21 Å². The van der Waals surface area contributed by atoms with E-state index in [0.29, 0.717) is 9.90 Å². The van der Waals surface area contributed by atoms with Crippen molar-refractivity contribution in [3.63, 3.8) is 0 Å². The van der Waals surface area contributed by atoms with Gasteiger partial charge < -0.3 is 10.6 Å². The predicted octanol–water partition coefficient (Wildman–Crippen LogP) is 0.703. The first-order chi connectivity index (χ1) is 7.97. The number of likely N-dealkylation sites (N-methyl/N-ethyl adjacent to an activating group) is 1. The SMILES string of the molecule is CN1CCCC(NS(=O)(=O)c2cc(N)cs2)C1. The third-order valence-corrected chi connectivity index (χ3v) is 5.79. The molecule has 1 aromatic rings. The number of anilines is 1. The third-order valence-electron chi connectivity index (χ3n) is 2.81. The van der Waals surface area contributed by atoms with Crippen molar-refractivity contribution < 1.29 is 8.42 Å². The summed E-state index contributed by atoms with van der Waals surface area (Å²) in [7, 11) is -1.40. The molecule has 2 rings (SSSR count). The Morgan fingerprint density at radius 2 is 2.35 bits per heavy atom. The molecule has 1 unspecified atom stereocenters. The maximum Gasteiger partial charge on any atom is 0.250 e. The number of rotatable bonds is 3. The van der Waals surface area contributed by atoms with Crippen LogP contribution < -0.4 is 10.5 Å². The summed E-state index contributed by atoms with van der Waals surface area (Å²) < 4.78 is 27.1. The first kappa shape index (κ1) is 12.8. The van der Waals surface area contributed by atoms with Gasteiger partial charge in [-0.05, 0) is 32.5 Å². The van der Waals surface area contributed by atoms with Crippen molar-refractivity contribution in [2.24, 2.45) is 0 Å². The summed E-state index contributed by atoms with van der Waals surface area (Å²) in [5, 5.41) is 1.64. The maximum absolute atomic E-state index is 12.0. The summed E-state index contributed by atoms with van der Waals surface area (Å²) in [5.41, 5.74) is 6.04. The first-order valence-corrected chi connectivity index (χ1v) is 7.88. The molecular weight excluding hydrogens is 258 g/mol. The summed E-state index contributed by atoms with van der Waals surface area (Å²) in [5.74, 6) is 0. The molecule has 0 aliphatic carbocycles. The zero-order chi connectivity index (χ0) is 12.5. The summed E-state index contributed by atoms with van der Waals surface area (Å²) in [4.78, 5) is 2.14. The van der Waals surface area contributed by atoms with Crippen molar-refractivity contribution in [1.29, 1.82) is 0 Å². The van der Waals surface area contributed by atoms with Gasteiger partial charge in [0.25, 0.3) is 0 Å². The minimum absolute atomic E-state index is 0.00192. The monoisotopic (exact) mass is 275 g/mol. The van der Waals surface area contributed by atoms with E-state index in [9.17, 15) is 8.42 Å². The van der Waals surface area contributed by atoms with Crippen molar-refractivity contribution in [2.75, 3.05) is 25.9 Å². The van der Waals surface area contributed by atoms with Crippen LogP contribution >= 0.6 is 11.3 Å². The largest absolute Gasteiger partial charge is 0.398 e. The topological polar surface area (TPSA) is 75.4 Å². The highest BCUT2D eigenvalue weighted by molar-refractivity contribution is 7.91. The molecule has 1 aliphatic heterocycles. The lowest BCUT2D eigenvalue weighted by Gasteiger charge is -2.29. The van der Waals surface area contributed by atoms with Gasteiger partial charge in [0.05, 0.1) is 0 Å². The number of hydrogen-bond acceptors (Lipinski definition) is 5. The molecule has 1 aromatic heterocycles. The van der Waals surface area contributed by atoms with Crippen LogP contribution in [-0.4, -0.2) is 39.5 Å². The van der Waals surface area contributed by atoms with Gasteiger partial charge in [0.15, 0.2) is 0 Å². The van der Waals surface area contributed by atoms with E-state index in [1.807, 2.05) is 7.05 Å². The molecule has 0 bridgehead atoms. The zero-order valence-corrected chi connectivity index (χ0v) is 11.4. The molecule has 96 valence electrons. The number of nitrogens with two attached hydrogens (primary N) is 1. The van der Waals surface area contributed by atoms with E-state index in [1.54, 1.807) is 5.38 Å². The van der Waals surface area contributed by atoms with Crippen LogP contribution in [0.1, 0.15) is 12.8 Å². The molecule has 17 heavy (non-hydrogen) atoms. The summed E-state index contributed by atoms with van der Waals surface area (Å²) >= 11 is 1.16. The number of nitrogen functional groups attached to an aromatic ring is 1. The fourth-order valence-corrected chi connectivity index (χ4v) is 4.37. The lowest BCUT2D eigenvalue weighted by molar-refractivity contribution is 0.242. The number of nitrogens with one attached hydrogen (secondary N) is 1. The van der Waals surface area contributed by atoms with E-state index >= 15 is 0 Å². The third kappa shape index (κ3) is 3.19. The second-order valence-electron chi connectivity index (χ2n) is 4.42. The molecule has 0 radical (unpaired) electrons. The summed E-state index contributed by atoms with van der Waals surface area (Å²) in [6, 6.07) is 1.50. The molecule has 1 saturated heterocycles. The van der Waals surface area contributed by atoms with Gasteiger partial charge in [-0.3, -0.25) is 0 Å². The predicted molar refractivity (Wildman–Crippen MR) is 69.6 cm³/mol. The Labute approximate surface area is 106 Å². The molecule has 1 atom stereocenters. The van der Waals surface area contributed by atoms with Crippen molar-refractivity contribution >= 4 is 27.0 Å². The Balaban J connectivity index is 2.07. The molecule has 0 spiro atoms. The van der Waals surface area contributed by atoms with Crippen LogP contribution in [0, 0.1) is 0 Å². The normalized spacial score (nSPS) is 22.8. The van der Waals surface area contributed by atoms with E-state index in [2.05, 4.69) is 9.62 Å². The Bertz CT molecular complexity index is 483. The highest BCUT2D eigenvalue weighted by Gasteiger charge is 2.24. The second-order valence-corrected chi connectivity index (χ2v) is 7.27. The molecule has 0 saturated carbocycles. The second kappa shape index (κ2) is 4.93. The maximum atomic E-state index is 12.0. The van der Waals surface area contributed by atoms with Crippen molar-refractivity contribution in [3.8, 4) is 0 Å². The Kier molecular flexibility index (Phi) is 3.72. The first-order valence-electron chi connectivity index (χ1n) is 5.52. The van der Waals surface area contributed by atoms with Crippen molar-refractivity contribution in [1.82, 2.24) is 9.62 Å². The molecule has 7 heteroatoms. The van der Waals surface area contributed by atoms with Gasteiger partial charge in [-0.15, -0.1) is 11.3 Å². The number of nitrogens with zero attached hydrogens (tertiary/aromatic N) is 1. The average Bonchev–Trinajstić information content (AvgIpc) is 2.65. The van der Waals surface area contributed by atoms with Crippen LogP contribution in [0.4, 0.5) is 5.69 Å². The van der Waals surface area contributed by atoms with Gasteiger partial charge in [0, 0.05) is 23.7 Å². The number of likely N-dealkylation sites (tertiary alicyclic amines) is 1. The van der Waals surface area contributed by atoms with Crippen LogP contribution in [-0.2, 0) is 10.0 Å². The molecule has 5 nitrogen and oxygen atoms in total. The van der Waals surface area contributed by atoms with Gasteiger partial charge >= 0.3 is 0 Å².